The van der Waals surface area contributed by atoms with Gasteiger partial charge in [-0.15, -0.1) is 5.10 Å². The SMILES string of the molecule is CN(C)CCCNc1nc(NCc2cn(CCCNCCCNC3CCCCC3)nn2)nc2ccccc12. The number of aromatic nitrogens is 5. The highest BCUT2D eigenvalue weighted by molar-refractivity contribution is 5.89. The van der Waals surface area contributed by atoms with Crippen LogP contribution in [0.15, 0.2) is 30.5 Å². The Morgan fingerprint density at radius 3 is 2.63 bits per heavy atom. The Balaban J connectivity index is 1.15. The standard InChI is InChI=1S/C28H46N10/c1-37(2)19-10-18-31-27-25-13-6-7-14-26(25)33-28(34-27)32-21-24-22-38(36-35-24)20-9-16-29-15-8-17-30-23-11-4-3-5-12-23/h6-7,13-14,22-23,29-30H,3-5,8-12,15-21H2,1-2H3,(H2,31,32,33,34). The van der Waals surface area contributed by atoms with Crippen molar-refractivity contribution >= 4 is 22.7 Å². The number of benzene rings is 1. The number of rotatable bonds is 17. The summed E-state index contributed by atoms with van der Waals surface area (Å²) < 4.78 is 1.92. The van der Waals surface area contributed by atoms with E-state index >= 15 is 0 Å². The van der Waals surface area contributed by atoms with Gasteiger partial charge in [0.05, 0.1) is 18.3 Å². The predicted octanol–water partition coefficient (Wildman–Crippen LogP) is 3.49. The molecule has 3 aromatic rings. The van der Waals surface area contributed by atoms with Crippen LogP contribution < -0.4 is 21.3 Å². The van der Waals surface area contributed by atoms with Gasteiger partial charge in [0.25, 0.3) is 0 Å². The highest BCUT2D eigenvalue weighted by atomic mass is 15.4. The summed E-state index contributed by atoms with van der Waals surface area (Å²) in [6.45, 7) is 6.45. The predicted molar refractivity (Wildman–Crippen MR) is 156 cm³/mol. The van der Waals surface area contributed by atoms with E-state index in [1.165, 1.54) is 38.5 Å². The molecule has 208 valence electrons. The van der Waals surface area contributed by atoms with Crippen LogP contribution in [0.2, 0.25) is 0 Å². The van der Waals surface area contributed by atoms with Gasteiger partial charge in [0.15, 0.2) is 0 Å². The summed E-state index contributed by atoms with van der Waals surface area (Å²) in [6.07, 6.45) is 12.2. The average Bonchev–Trinajstić information content (AvgIpc) is 3.39. The zero-order valence-electron chi connectivity index (χ0n) is 23.3. The number of fused-ring (bicyclic) bond motifs is 1. The maximum atomic E-state index is 4.74. The normalized spacial score (nSPS) is 14.4. The third-order valence-corrected chi connectivity index (χ3v) is 7.00. The zero-order chi connectivity index (χ0) is 26.4. The van der Waals surface area contributed by atoms with E-state index in [1.807, 2.05) is 29.1 Å². The van der Waals surface area contributed by atoms with E-state index in [-0.39, 0.29) is 0 Å². The maximum Gasteiger partial charge on any atom is 0.225 e. The summed E-state index contributed by atoms with van der Waals surface area (Å²) in [5.74, 6) is 1.45. The van der Waals surface area contributed by atoms with Crippen molar-refractivity contribution in [2.75, 3.05) is 57.5 Å². The molecule has 0 unspecified atom stereocenters. The molecule has 2 heterocycles. The van der Waals surface area contributed by atoms with E-state index in [2.05, 4.69) is 56.6 Å². The van der Waals surface area contributed by atoms with Crippen molar-refractivity contribution in [2.45, 2.75) is 70.5 Å². The lowest BCUT2D eigenvalue weighted by molar-refractivity contribution is 0.371. The first-order valence-corrected chi connectivity index (χ1v) is 14.4. The minimum Gasteiger partial charge on any atom is -0.369 e. The second-order valence-corrected chi connectivity index (χ2v) is 10.6. The van der Waals surface area contributed by atoms with Gasteiger partial charge in [-0.1, -0.05) is 36.6 Å². The van der Waals surface area contributed by atoms with E-state index in [0.717, 1.165) is 80.6 Å². The molecule has 38 heavy (non-hydrogen) atoms. The molecule has 0 spiro atoms. The van der Waals surface area contributed by atoms with Crippen molar-refractivity contribution in [3.63, 3.8) is 0 Å². The van der Waals surface area contributed by atoms with Crippen LogP contribution in [0.4, 0.5) is 11.8 Å². The zero-order valence-corrected chi connectivity index (χ0v) is 23.3. The molecule has 0 radical (unpaired) electrons. The maximum absolute atomic E-state index is 4.74. The van der Waals surface area contributed by atoms with Crippen LogP contribution in [-0.4, -0.2) is 82.7 Å². The number of nitrogens with one attached hydrogen (secondary N) is 4. The Kier molecular flexibility index (Phi) is 11.5. The minimum absolute atomic E-state index is 0.532. The summed E-state index contributed by atoms with van der Waals surface area (Å²) in [7, 11) is 4.18. The number of hydrogen-bond donors (Lipinski definition) is 4. The number of nitrogens with zero attached hydrogens (tertiary/aromatic N) is 6. The Hall–Kier alpha value is -2.82. The third-order valence-electron chi connectivity index (χ3n) is 7.00. The lowest BCUT2D eigenvalue weighted by Crippen LogP contribution is -2.33. The highest BCUT2D eigenvalue weighted by Crippen LogP contribution is 2.22. The van der Waals surface area contributed by atoms with Crippen molar-refractivity contribution in [1.29, 1.82) is 0 Å². The summed E-state index contributed by atoms with van der Waals surface area (Å²) in [4.78, 5) is 11.6. The van der Waals surface area contributed by atoms with Gasteiger partial charge in [0, 0.05) is 24.5 Å². The summed E-state index contributed by atoms with van der Waals surface area (Å²) >= 11 is 0. The lowest BCUT2D eigenvalue weighted by Gasteiger charge is -2.22. The first-order chi connectivity index (χ1) is 18.7. The van der Waals surface area contributed by atoms with E-state index in [1.54, 1.807) is 0 Å². The van der Waals surface area contributed by atoms with E-state index in [9.17, 15) is 0 Å². The molecule has 2 aromatic heterocycles. The van der Waals surface area contributed by atoms with Gasteiger partial charge in [-0.3, -0.25) is 4.68 Å². The fourth-order valence-electron chi connectivity index (χ4n) is 4.91. The molecule has 4 N–H and O–H groups in total. The Bertz CT molecular complexity index is 1080. The molecule has 0 amide bonds. The van der Waals surface area contributed by atoms with Crippen molar-refractivity contribution in [3.8, 4) is 0 Å². The van der Waals surface area contributed by atoms with Crippen LogP contribution >= 0.6 is 0 Å². The van der Waals surface area contributed by atoms with Crippen LogP contribution in [0.25, 0.3) is 10.9 Å². The molecule has 10 nitrogen and oxygen atoms in total. The molecule has 1 aliphatic rings. The van der Waals surface area contributed by atoms with Crippen molar-refractivity contribution < 1.29 is 0 Å². The molecular weight excluding hydrogens is 476 g/mol. The number of aryl methyl sites for hydroxylation is 1. The molecule has 1 saturated carbocycles. The molecule has 4 rings (SSSR count). The highest BCUT2D eigenvalue weighted by Gasteiger charge is 2.12. The first kappa shape index (κ1) is 28.2. The summed E-state index contributed by atoms with van der Waals surface area (Å²) in [5.41, 5.74) is 1.80. The molecule has 0 bridgehead atoms. The van der Waals surface area contributed by atoms with Gasteiger partial charge in [0.2, 0.25) is 5.95 Å². The van der Waals surface area contributed by atoms with E-state index in [4.69, 9.17) is 9.97 Å². The molecule has 1 aromatic carbocycles. The van der Waals surface area contributed by atoms with Crippen LogP contribution in [0.1, 0.15) is 57.1 Å². The van der Waals surface area contributed by atoms with Crippen molar-refractivity contribution in [1.82, 2.24) is 40.5 Å². The topological polar surface area (TPSA) is 108 Å². The van der Waals surface area contributed by atoms with Crippen LogP contribution in [0, 0.1) is 0 Å². The smallest absolute Gasteiger partial charge is 0.225 e. The molecule has 0 saturated heterocycles. The van der Waals surface area contributed by atoms with E-state index < -0.39 is 0 Å². The quantitative estimate of drug-likeness (QED) is 0.198. The molecule has 10 heteroatoms. The van der Waals surface area contributed by atoms with Crippen molar-refractivity contribution in [3.05, 3.63) is 36.2 Å². The second kappa shape index (κ2) is 15.6. The lowest BCUT2D eigenvalue weighted by atomic mass is 9.95. The van der Waals surface area contributed by atoms with Gasteiger partial charge in [0.1, 0.15) is 11.5 Å². The Morgan fingerprint density at radius 1 is 0.921 bits per heavy atom. The molecule has 1 aliphatic carbocycles. The van der Waals surface area contributed by atoms with Gasteiger partial charge in [-0.05, 0) is 84.5 Å². The van der Waals surface area contributed by atoms with Crippen LogP contribution in [0.5, 0.6) is 0 Å². The fourth-order valence-corrected chi connectivity index (χ4v) is 4.91. The Morgan fingerprint density at radius 2 is 1.76 bits per heavy atom. The van der Waals surface area contributed by atoms with E-state index in [0.29, 0.717) is 12.5 Å². The van der Waals surface area contributed by atoms with Crippen LogP contribution in [-0.2, 0) is 13.1 Å². The summed E-state index contributed by atoms with van der Waals surface area (Å²) in [5, 5.41) is 23.7. The Labute approximate surface area is 227 Å². The van der Waals surface area contributed by atoms with Gasteiger partial charge < -0.3 is 26.2 Å². The largest absolute Gasteiger partial charge is 0.369 e. The average molecular weight is 523 g/mol. The number of anilines is 2. The molecular formula is C28H46N10. The van der Waals surface area contributed by atoms with Gasteiger partial charge >= 0.3 is 0 Å². The molecule has 0 aliphatic heterocycles. The van der Waals surface area contributed by atoms with Crippen LogP contribution in [0.3, 0.4) is 0 Å². The fraction of sp³-hybridized carbons (Fsp3) is 0.643. The third kappa shape index (κ3) is 9.49. The molecule has 0 atom stereocenters. The molecule has 1 fully saturated rings. The van der Waals surface area contributed by atoms with Crippen molar-refractivity contribution in [2.24, 2.45) is 0 Å². The summed E-state index contributed by atoms with van der Waals surface area (Å²) in [6, 6.07) is 8.86. The minimum atomic E-state index is 0.532. The van der Waals surface area contributed by atoms with Gasteiger partial charge in [-0.2, -0.15) is 4.98 Å². The first-order valence-electron chi connectivity index (χ1n) is 14.4. The number of para-hydroxylation sites is 1. The second-order valence-electron chi connectivity index (χ2n) is 10.6. The monoisotopic (exact) mass is 522 g/mol. The number of hydrogen-bond acceptors (Lipinski definition) is 9. The van der Waals surface area contributed by atoms with Gasteiger partial charge in [-0.25, -0.2) is 4.98 Å².